The van der Waals surface area contributed by atoms with Gasteiger partial charge < -0.3 is 9.84 Å². The summed E-state index contributed by atoms with van der Waals surface area (Å²) in [5.41, 5.74) is 0.800. The highest BCUT2D eigenvalue weighted by Gasteiger charge is 2.13. The molecular formula is C15H25NO2. The molecule has 0 saturated heterocycles. The summed E-state index contributed by atoms with van der Waals surface area (Å²) in [5.74, 6) is 0.538. The average Bonchev–Trinajstić information content (AvgIpc) is 2.42. The molecule has 1 aromatic rings. The van der Waals surface area contributed by atoms with Crippen molar-refractivity contribution in [3.8, 4) is 5.88 Å². The van der Waals surface area contributed by atoms with Gasteiger partial charge in [-0.2, -0.15) is 0 Å². The van der Waals surface area contributed by atoms with Crippen LogP contribution in [0.3, 0.4) is 0 Å². The summed E-state index contributed by atoms with van der Waals surface area (Å²) >= 11 is 0. The molecular weight excluding hydrogens is 226 g/mol. The van der Waals surface area contributed by atoms with E-state index < -0.39 is 6.10 Å². The smallest absolute Gasteiger partial charge is 0.218 e. The minimum atomic E-state index is -0.458. The maximum atomic E-state index is 10.1. The number of nitrogens with zero attached hydrogens (tertiary/aromatic N) is 1. The van der Waals surface area contributed by atoms with E-state index in [9.17, 15) is 5.11 Å². The van der Waals surface area contributed by atoms with Crippen LogP contribution in [0, 0.1) is 0 Å². The molecule has 18 heavy (non-hydrogen) atoms. The van der Waals surface area contributed by atoms with Crippen molar-refractivity contribution in [2.24, 2.45) is 0 Å². The van der Waals surface area contributed by atoms with Gasteiger partial charge >= 0.3 is 0 Å². The fourth-order valence-corrected chi connectivity index (χ4v) is 2.10. The SMILES string of the molecule is CCCCCCCCC(O)c1cccnc1OC. The van der Waals surface area contributed by atoms with E-state index in [-0.39, 0.29) is 0 Å². The Morgan fingerprint density at radius 1 is 1.22 bits per heavy atom. The Morgan fingerprint density at radius 2 is 1.94 bits per heavy atom. The van der Waals surface area contributed by atoms with E-state index in [0.717, 1.165) is 18.4 Å². The first kappa shape index (κ1) is 15.0. The van der Waals surface area contributed by atoms with E-state index >= 15 is 0 Å². The van der Waals surface area contributed by atoms with E-state index in [1.54, 1.807) is 13.3 Å². The molecule has 0 bridgehead atoms. The Labute approximate surface area is 110 Å². The topological polar surface area (TPSA) is 42.4 Å². The molecule has 0 amide bonds. The van der Waals surface area contributed by atoms with Gasteiger partial charge in [-0.15, -0.1) is 0 Å². The monoisotopic (exact) mass is 251 g/mol. The minimum Gasteiger partial charge on any atom is -0.481 e. The van der Waals surface area contributed by atoms with Crippen LogP contribution in [0.25, 0.3) is 0 Å². The van der Waals surface area contributed by atoms with Crippen molar-refractivity contribution >= 4 is 0 Å². The molecule has 0 saturated carbocycles. The first-order chi connectivity index (χ1) is 8.79. The number of hydrogen-bond donors (Lipinski definition) is 1. The molecule has 1 rings (SSSR count). The highest BCUT2D eigenvalue weighted by atomic mass is 16.5. The second-order valence-corrected chi connectivity index (χ2v) is 4.67. The van der Waals surface area contributed by atoms with E-state index in [1.807, 2.05) is 12.1 Å². The molecule has 0 radical (unpaired) electrons. The Balaban J connectivity index is 2.29. The van der Waals surface area contributed by atoms with Gasteiger partial charge in [-0.1, -0.05) is 45.4 Å². The van der Waals surface area contributed by atoms with E-state index in [0.29, 0.717) is 5.88 Å². The summed E-state index contributed by atoms with van der Waals surface area (Å²) in [6.45, 7) is 2.22. The van der Waals surface area contributed by atoms with Gasteiger partial charge in [-0.25, -0.2) is 4.98 Å². The average molecular weight is 251 g/mol. The quantitative estimate of drug-likeness (QED) is 0.677. The maximum Gasteiger partial charge on any atom is 0.218 e. The first-order valence-electron chi connectivity index (χ1n) is 6.96. The summed E-state index contributed by atoms with van der Waals surface area (Å²) in [7, 11) is 1.59. The van der Waals surface area contributed by atoms with Crippen molar-refractivity contribution in [1.29, 1.82) is 0 Å². The number of ether oxygens (including phenoxy) is 1. The van der Waals surface area contributed by atoms with Crippen LogP contribution < -0.4 is 4.74 Å². The Kier molecular flexibility index (Phi) is 7.42. The van der Waals surface area contributed by atoms with Gasteiger partial charge in [-0.05, 0) is 18.6 Å². The minimum absolute atomic E-state index is 0.458. The number of aliphatic hydroxyl groups is 1. The Bertz CT molecular complexity index is 328. The van der Waals surface area contributed by atoms with Crippen LogP contribution in [0.5, 0.6) is 5.88 Å². The maximum absolute atomic E-state index is 10.1. The lowest BCUT2D eigenvalue weighted by atomic mass is 10.0. The van der Waals surface area contributed by atoms with Crippen molar-refractivity contribution in [2.75, 3.05) is 7.11 Å². The summed E-state index contributed by atoms with van der Waals surface area (Å²) in [6, 6.07) is 3.72. The predicted octanol–water partition coefficient (Wildman–Crippen LogP) is 3.87. The van der Waals surface area contributed by atoms with Crippen molar-refractivity contribution in [3.05, 3.63) is 23.9 Å². The number of methoxy groups -OCH3 is 1. The number of aromatic nitrogens is 1. The third-order valence-corrected chi connectivity index (χ3v) is 3.18. The van der Waals surface area contributed by atoms with Gasteiger partial charge in [0.05, 0.1) is 13.2 Å². The van der Waals surface area contributed by atoms with Crippen molar-refractivity contribution in [3.63, 3.8) is 0 Å². The van der Waals surface area contributed by atoms with Gasteiger partial charge in [0, 0.05) is 11.8 Å². The lowest BCUT2D eigenvalue weighted by Gasteiger charge is -2.13. The van der Waals surface area contributed by atoms with Crippen LogP contribution in [0.2, 0.25) is 0 Å². The second-order valence-electron chi connectivity index (χ2n) is 4.67. The molecule has 0 spiro atoms. The van der Waals surface area contributed by atoms with Crippen LogP contribution in [-0.4, -0.2) is 17.2 Å². The van der Waals surface area contributed by atoms with Crippen LogP contribution in [0.1, 0.15) is 63.5 Å². The molecule has 1 heterocycles. The summed E-state index contributed by atoms with van der Waals surface area (Å²) < 4.78 is 5.15. The molecule has 3 nitrogen and oxygen atoms in total. The van der Waals surface area contributed by atoms with Gasteiger partial charge in [-0.3, -0.25) is 0 Å². The molecule has 1 aromatic heterocycles. The lowest BCUT2D eigenvalue weighted by Crippen LogP contribution is -2.02. The lowest BCUT2D eigenvalue weighted by molar-refractivity contribution is 0.158. The zero-order chi connectivity index (χ0) is 13.2. The molecule has 0 aliphatic heterocycles. The van der Waals surface area contributed by atoms with Crippen LogP contribution in [0.15, 0.2) is 18.3 Å². The molecule has 1 atom stereocenters. The third-order valence-electron chi connectivity index (χ3n) is 3.18. The molecule has 3 heteroatoms. The standard InChI is InChI=1S/C15H25NO2/c1-3-4-5-6-7-8-11-14(17)13-10-9-12-16-15(13)18-2/h9-10,12,14,17H,3-8,11H2,1-2H3. The molecule has 0 aliphatic carbocycles. The predicted molar refractivity (Wildman–Crippen MR) is 73.7 cm³/mol. The fourth-order valence-electron chi connectivity index (χ4n) is 2.10. The number of rotatable bonds is 9. The van der Waals surface area contributed by atoms with Crippen molar-refractivity contribution in [2.45, 2.75) is 58.0 Å². The number of pyridine rings is 1. The summed E-state index contributed by atoms with van der Waals surface area (Å²) in [5, 5.41) is 10.1. The zero-order valence-electron chi connectivity index (χ0n) is 11.6. The Hall–Kier alpha value is -1.09. The van der Waals surface area contributed by atoms with Crippen molar-refractivity contribution < 1.29 is 9.84 Å². The highest BCUT2D eigenvalue weighted by Crippen LogP contribution is 2.26. The van der Waals surface area contributed by atoms with E-state index in [1.165, 1.54) is 32.1 Å². The molecule has 0 fully saturated rings. The first-order valence-corrected chi connectivity index (χ1v) is 6.96. The van der Waals surface area contributed by atoms with Crippen LogP contribution >= 0.6 is 0 Å². The van der Waals surface area contributed by atoms with Crippen LogP contribution in [0.4, 0.5) is 0 Å². The normalized spacial score (nSPS) is 12.4. The number of aliphatic hydroxyl groups excluding tert-OH is 1. The number of hydrogen-bond acceptors (Lipinski definition) is 3. The zero-order valence-corrected chi connectivity index (χ0v) is 11.6. The largest absolute Gasteiger partial charge is 0.481 e. The van der Waals surface area contributed by atoms with Gasteiger partial charge in [0.2, 0.25) is 5.88 Å². The molecule has 0 aromatic carbocycles. The molecule has 0 aliphatic rings. The highest BCUT2D eigenvalue weighted by molar-refractivity contribution is 5.27. The summed E-state index contributed by atoms with van der Waals surface area (Å²) in [4.78, 5) is 4.10. The molecule has 1 unspecified atom stereocenters. The second kappa shape index (κ2) is 8.92. The van der Waals surface area contributed by atoms with Gasteiger partial charge in [0.25, 0.3) is 0 Å². The molecule has 1 N–H and O–H groups in total. The Morgan fingerprint density at radius 3 is 2.67 bits per heavy atom. The summed E-state index contributed by atoms with van der Waals surface area (Å²) in [6.07, 6.45) is 9.43. The van der Waals surface area contributed by atoms with E-state index in [4.69, 9.17) is 4.74 Å². The van der Waals surface area contributed by atoms with Crippen LogP contribution in [-0.2, 0) is 0 Å². The number of unbranched alkanes of at least 4 members (excludes halogenated alkanes) is 5. The molecule has 102 valence electrons. The third kappa shape index (κ3) is 5.05. The van der Waals surface area contributed by atoms with E-state index in [2.05, 4.69) is 11.9 Å². The van der Waals surface area contributed by atoms with Crippen molar-refractivity contribution in [1.82, 2.24) is 4.98 Å². The van der Waals surface area contributed by atoms with Gasteiger partial charge in [0.15, 0.2) is 0 Å². The fraction of sp³-hybridized carbons (Fsp3) is 0.667. The van der Waals surface area contributed by atoms with Gasteiger partial charge in [0.1, 0.15) is 0 Å².